The number of aliphatic hydroxyl groups is 1. The summed E-state index contributed by atoms with van der Waals surface area (Å²) in [5.41, 5.74) is 0.984. The second kappa shape index (κ2) is 4.63. The maximum absolute atomic E-state index is 8.75. The van der Waals surface area contributed by atoms with E-state index in [4.69, 9.17) is 9.84 Å². The molecule has 4 heteroatoms. The van der Waals surface area contributed by atoms with E-state index in [0.29, 0.717) is 18.9 Å². The summed E-state index contributed by atoms with van der Waals surface area (Å²) in [7, 11) is 0. The topological polar surface area (TPSA) is 42.4 Å². The van der Waals surface area contributed by atoms with E-state index in [1.54, 1.807) is 11.3 Å². The van der Waals surface area contributed by atoms with Gasteiger partial charge in [0.1, 0.15) is 11.3 Å². The molecule has 0 radical (unpaired) electrons. The zero-order valence-electron chi connectivity index (χ0n) is 9.56. The van der Waals surface area contributed by atoms with Crippen molar-refractivity contribution < 1.29 is 9.84 Å². The van der Waals surface area contributed by atoms with Crippen LogP contribution in [0.5, 0.6) is 5.75 Å². The number of aromatic nitrogens is 1. The summed E-state index contributed by atoms with van der Waals surface area (Å²) < 4.78 is 6.86. The van der Waals surface area contributed by atoms with Crippen LogP contribution in [0.1, 0.15) is 30.2 Å². The summed E-state index contributed by atoms with van der Waals surface area (Å²) >= 11 is 1.78. The van der Waals surface area contributed by atoms with E-state index in [1.165, 1.54) is 22.5 Å². The Morgan fingerprint density at radius 2 is 2.29 bits per heavy atom. The Morgan fingerprint density at radius 3 is 3.06 bits per heavy atom. The minimum atomic E-state index is 0.167. The van der Waals surface area contributed by atoms with E-state index in [1.807, 2.05) is 12.1 Å². The highest BCUT2D eigenvalue weighted by Crippen LogP contribution is 2.44. The number of hydrogen-bond acceptors (Lipinski definition) is 4. The van der Waals surface area contributed by atoms with Crippen LogP contribution in [-0.4, -0.2) is 23.3 Å². The van der Waals surface area contributed by atoms with E-state index in [-0.39, 0.29) is 6.61 Å². The molecule has 1 heterocycles. The minimum absolute atomic E-state index is 0.167. The molecule has 0 bridgehead atoms. The molecule has 1 aliphatic carbocycles. The van der Waals surface area contributed by atoms with Gasteiger partial charge in [-0.25, -0.2) is 4.98 Å². The van der Waals surface area contributed by atoms with Gasteiger partial charge in [0.15, 0.2) is 0 Å². The van der Waals surface area contributed by atoms with Crippen molar-refractivity contribution in [2.45, 2.75) is 25.2 Å². The summed E-state index contributed by atoms with van der Waals surface area (Å²) in [5.74, 6) is 1.54. The Bertz CT molecular complexity index is 519. The zero-order chi connectivity index (χ0) is 11.7. The molecule has 17 heavy (non-hydrogen) atoms. The predicted molar refractivity (Wildman–Crippen MR) is 68.8 cm³/mol. The van der Waals surface area contributed by atoms with Gasteiger partial charge in [0, 0.05) is 18.9 Å². The molecule has 2 aromatic rings. The highest BCUT2D eigenvalue weighted by Gasteiger charge is 2.27. The van der Waals surface area contributed by atoms with Gasteiger partial charge in [0.05, 0.1) is 16.3 Å². The van der Waals surface area contributed by atoms with Gasteiger partial charge < -0.3 is 9.84 Å². The number of thiazole rings is 1. The lowest BCUT2D eigenvalue weighted by Crippen LogP contribution is -1.99. The van der Waals surface area contributed by atoms with Gasteiger partial charge in [-0.2, -0.15) is 0 Å². The molecule has 3 nitrogen and oxygen atoms in total. The lowest BCUT2D eigenvalue weighted by atomic mass is 10.3. The van der Waals surface area contributed by atoms with Gasteiger partial charge >= 0.3 is 0 Å². The number of nitrogens with zero attached hydrogens (tertiary/aromatic N) is 1. The van der Waals surface area contributed by atoms with Crippen LogP contribution >= 0.6 is 11.3 Å². The fraction of sp³-hybridized carbons (Fsp3) is 0.462. The molecule has 3 rings (SSSR count). The summed E-state index contributed by atoms with van der Waals surface area (Å²) in [6.07, 6.45) is 3.22. The van der Waals surface area contributed by atoms with Gasteiger partial charge in [-0.1, -0.05) is 6.07 Å². The first-order chi connectivity index (χ1) is 8.38. The third-order valence-electron chi connectivity index (χ3n) is 2.89. The molecule has 1 fully saturated rings. The van der Waals surface area contributed by atoms with Gasteiger partial charge in [-0.3, -0.25) is 0 Å². The van der Waals surface area contributed by atoms with Crippen molar-refractivity contribution in [2.75, 3.05) is 13.2 Å². The Balaban J connectivity index is 1.88. The van der Waals surface area contributed by atoms with Gasteiger partial charge in [-0.15, -0.1) is 11.3 Å². The second-order valence-corrected chi connectivity index (χ2v) is 5.42. The molecule has 0 atom stereocenters. The Kier molecular flexibility index (Phi) is 2.99. The smallest absolute Gasteiger partial charge is 0.146 e. The Hall–Kier alpha value is -1.13. The van der Waals surface area contributed by atoms with E-state index >= 15 is 0 Å². The van der Waals surface area contributed by atoms with E-state index < -0.39 is 0 Å². The predicted octanol–water partition coefficient (Wildman–Crippen LogP) is 2.93. The molecule has 0 unspecified atom stereocenters. The normalized spacial score (nSPS) is 15.4. The van der Waals surface area contributed by atoms with Crippen molar-refractivity contribution in [2.24, 2.45) is 0 Å². The molecular weight excluding hydrogens is 234 g/mol. The maximum atomic E-state index is 8.75. The minimum Gasteiger partial charge on any atom is -0.491 e. The quantitative estimate of drug-likeness (QED) is 0.828. The number of fused-ring (bicyclic) bond motifs is 1. The molecule has 1 saturated carbocycles. The van der Waals surface area contributed by atoms with E-state index in [0.717, 1.165) is 11.3 Å². The van der Waals surface area contributed by atoms with Crippen LogP contribution in [0.4, 0.5) is 0 Å². The number of para-hydroxylation sites is 1. The lowest BCUT2D eigenvalue weighted by molar-refractivity contribution is 0.234. The molecule has 0 amide bonds. The SMILES string of the molecule is OCCCOc1cccc2sc(C3CC3)nc12. The van der Waals surface area contributed by atoms with Crippen LogP contribution in [0.2, 0.25) is 0 Å². The van der Waals surface area contributed by atoms with Gasteiger partial charge in [-0.05, 0) is 25.0 Å². The van der Waals surface area contributed by atoms with Crippen molar-refractivity contribution in [1.82, 2.24) is 4.98 Å². The second-order valence-electron chi connectivity index (χ2n) is 4.35. The first kappa shape index (κ1) is 11.0. The third-order valence-corrected chi connectivity index (χ3v) is 4.07. The van der Waals surface area contributed by atoms with Crippen molar-refractivity contribution in [3.8, 4) is 5.75 Å². The molecule has 1 aromatic heterocycles. The maximum Gasteiger partial charge on any atom is 0.146 e. The summed E-state index contributed by atoms with van der Waals surface area (Å²) in [6, 6.07) is 6.05. The van der Waals surface area contributed by atoms with E-state index in [2.05, 4.69) is 11.1 Å². The summed E-state index contributed by atoms with van der Waals surface area (Å²) in [5, 5.41) is 10.00. The number of benzene rings is 1. The van der Waals surface area contributed by atoms with Crippen LogP contribution in [-0.2, 0) is 0 Å². The third kappa shape index (κ3) is 2.28. The molecule has 1 N–H and O–H groups in total. The first-order valence-corrected chi connectivity index (χ1v) is 6.83. The van der Waals surface area contributed by atoms with Crippen LogP contribution in [0.15, 0.2) is 18.2 Å². The van der Waals surface area contributed by atoms with Crippen LogP contribution in [0.25, 0.3) is 10.2 Å². The average molecular weight is 249 g/mol. The largest absolute Gasteiger partial charge is 0.491 e. The van der Waals surface area contributed by atoms with Gasteiger partial charge in [0.25, 0.3) is 0 Å². The van der Waals surface area contributed by atoms with Crippen molar-refractivity contribution in [3.63, 3.8) is 0 Å². The number of hydrogen-bond donors (Lipinski definition) is 1. The highest BCUT2D eigenvalue weighted by molar-refractivity contribution is 7.18. The standard InChI is InChI=1S/C13H15NO2S/c15-7-2-8-16-10-3-1-4-11-12(10)14-13(17-11)9-5-6-9/h1,3-4,9,15H,2,5-8H2. The number of ether oxygens (including phenoxy) is 1. The Morgan fingerprint density at radius 1 is 1.41 bits per heavy atom. The average Bonchev–Trinajstić information content (AvgIpc) is 3.09. The lowest BCUT2D eigenvalue weighted by Gasteiger charge is -2.04. The molecule has 0 spiro atoms. The monoisotopic (exact) mass is 249 g/mol. The fourth-order valence-corrected chi connectivity index (χ4v) is 2.96. The highest BCUT2D eigenvalue weighted by atomic mass is 32.1. The van der Waals surface area contributed by atoms with Gasteiger partial charge in [0.2, 0.25) is 0 Å². The molecule has 1 aliphatic rings. The molecule has 1 aromatic carbocycles. The summed E-state index contributed by atoms with van der Waals surface area (Å²) in [4.78, 5) is 4.68. The zero-order valence-corrected chi connectivity index (χ0v) is 10.4. The van der Waals surface area contributed by atoms with Crippen molar-refractivity contribution in [3.05, 3.63) is 23.2 Å². The molecular formula is C13H15NO2S. The van der Waals surface area contributed by atoms with Crippen LogP contribution < -0.4 is 4.74 Å². The molecule has 90 valence electrons. The number of aliphatic hydroxyl groups excluding tert-OH is 1. The van der Waals surface area contributed by atoms with E-state index in [9.17, 15) is 0 Å². The van der Waals surface area contributed by atoms with Crippen molar-refractivity contribution in [1.29, 1.82) is 0 Å². The number of rotatable bonds is 5. The van der Waals surface area contributed by atoms with Crippen molar-refractivity contribution >= 4 is 21.6 Å². The van der Waals surface area contributed by atoms with Crippen LogP contribution in [0.3, 0.4) is 0 Å². The molecule has 0 aliphatic heterocycles. The summed E-state index contributed by atoms with van der Waals surface area (Å²) in [6.45, 7) is 0.715. The Labute approximate surface area is 104 Å². The first-order valence-electron chi connectivity index (χ1n) is 6.01. The van der Waals surface area contributed by atoms with Crippen LogP contribution in [0, 0.1) is 0 Å². The fourth-order valence-electron chi connectivity index (χ4n) is 1.81. The molecule has 0 saturated heterocycles.